The van der Waals surface area contributed by atoms with Crippen LogP contribution in [0.2, 0.25) is 12.6 Å². The molecule has 0 amide bonds. The third-order valence-corrected chi connectivity index (χ3v) is 8.26. The van der Waals surface area contributed by atoms with Gasteiger partial charge in [0.05, 0.1) is 0 Å². The van der Waals surface area contributed by atoms with E-state index in [1.807, 2.05) is 27.3 Å². The molecule has 0 saturated heterocycles. The van der Waals surface area contributed by atoms with Crippen LogP contribution in [0, 0.1) is 0 Å². The van der Waals surface area contributed by atoms with Gasteiger partial charge in [-0.25, -0.2) is 0 Å². The average Bonchev–Trinajstić information content (AvgIpc) is 2.50. The summed E-state index contributed by atoms with van der Waals surface area (Å²) in [6, 6.07) is 0.910. The van der Waals surface area contributed by atoms with E-state index in [0.717, 1.165) is 18.9 Å². The highest BCUT2D eigenvalue weighted by molar-refractivity contribution is 6.60. The maximum atomic E-state index is 5.40. The molecule has 0 aromatic carbocycles. The highest BCUT2D eigenvalue weighted by Gasteiger charge is 2.36. The lowest BCUT2D eigenvalue weighted by atomic mass is 10.4. The lowest BCUT2D eigenvalue weighted by molar-refractivity contribution is 0.0783. The van der Waals surface area contributed by atoms with Gasteiger partial charge in [-0.1, -0.05) is 13.3 Å². The van der Waals surface area contributed by atoms with Crippen molar-refractivity contribution in [2.45, 2.75) is 53.1 Å². The number of hydrogen-bond donors (Lipinski definition) is 0. The molecule has 0 aromatic heterocycles. The molecule has 0 unspecified atom stereocenters. The molecule has 0 N–H and O–H groups in total. The van der Waals surface area contributed by atoms with Gasteiger partial charge >= 0.3 is 17.6 Å². The Kier molecular flexibility index (Phi) is 16.4. The first kappa shape index (κ1) is 24.4. The zero-order valence-corrected chi connectivity index (χ0v) is 17.7. The minimum Gasteiger partial charge on any atom is -0.377 e. The van der Waals surface area contributed by atoms with Crippen LogP contribution in [-0.2, 0) is 26.6 Å². The fraction of sp³-hybridized carbons (Fsp3) is 1.00. The van der Waals surface area contributed by atoms with Crippen LogP contribution >= 0.6 is 0 Å². The second kappa shape index (κ2) is 14.8. The first-order chi connectivity index (χ1) is 10.4. The molecular weight excluding hydrogens is 320 g/mol. The molecule has 0 bridgehead atoms. The van der Waals surface area contributed by atoms with Gasteiger partial charge in [-0.3, -0.25) is 0 Å². The van der Waals surface area contributed by atoms with Crippen molar-refractivity contribution in [3.8, 4) is 0 Å². The molecule has 0 heterocycles. The van der Waals surface area contributed by atoms with E-state index in [-0.39, 0.29) is 0 Å². The fourth-order valence-electron chi connectivity index (χ4n) is 1.86. The molecule has 0 rings (SSSR count). The normalized spacial score (nSPS) is 12.0. The molecule has 0 aliphatic heterocycles. The lowest BCUT2D eigenvalue weighted by Gasteiger charge is -2.23. The Bertz CT molecular complexity index is 214. The van der Waals surface area contributed by atoms with E-state index < -0.39 is 17.6 Å². The highest BCUT2D eigenvalue weighted by atomic mass is 28.4. The van der Waals surface area contributed by atoms with Crippen LogP contribution < -0.4 is 0 Å². The molecule has 0 spiro atoms. The number of hydrogen-bond acceptors (Lipinski definition) is 6. The first-order valence-electron chi connectivity index (χ1n) is 8.00. The molecule has 0 aromatic rings. The van der Waals surface area contributed by atoms with E-state index >= 15 is 0 Å². The highest BCUT2D eigenvalue weighted by Crippen LogP contribution is 2.15. The molecule has 22 heavy (non-hydrogen) atoms. The first-order valence-corrected chi connectivity index (χ1v) is 12.2. The zero-order valence-electron chi connectivity index (χ0n) is 15.7. The molecule has 8 heteroatoms. The molecule has 0 radical (unpaired) electrons. The smallest absolute Gasteiger partial charge is 0.377 e. The Morgan fingerprint density at radius 3 is 1.27 bits per heavy atom. The average molecular weight is 357 g/mol. The van der Waals surface area contributed by atoms with Gasteiger partial charge in [-0.2, -0.15) is 0 Å². The molecule has 0 atom stereocenters. The second-order valence-corrected chi connectivity index (χ2v) is 10.2. The van der Waals surface area contributed by atoms with Crippen molar-refractivity contribution < 1.29 is 26.6 Å². The van der Waals surface area contributed by atoms with Crippen LogP contribution in [0.5, 0.6) is 0 Å². The summed E-state index contributed by atoms with van der Waals surface area (Å²) >= 11 is 0. The minimum absolute atomic E-state index is 0.655. The third kappa shape index (κ3) is 10.8. The molecule has 0 aliphatic rings. The maximum absolute atomic E-state index is 5.40. The molecule has 0 fully saturated rings. The summed E-state index contributed by atoms with van der Waals surface area (Å²) in [4.78, 5) is 0. The predicted octanol–water partition coefficient (Wildman–Crippen LogP) is 3.33. The summed E-state index contributed by atoms with van der Waals surface area (Å²) in [5.41, 5.74) is 0. The van der Waals surface area contributed by atoms with E-state index in [9.17, 15) is 0 Å². The van der Waals surface area contributed by atoms with Crippen molar-refractivity contribution in [2.24, 2.45) is 0 Å². The van der Waals surface area contributed by atoms with E-state index in [2.05, 4.69) is 6.92 Å². The summed E-state index contributed by atoms with van der Waals surface area (Å²) in [6.07, 6.45) is 2.24. The van der Waals surface area contributed by atoms with E-state index in [0.29, 0.717) is 19.8 Å². The minimum atomic E-state index is -2.25. The zero-order chi connectivity index (χ0) is 17.5. The van der Waals surface area contributed by atoms with Gasteiger partial charge in [0.25, 0.3) is 0 Å². The van der Waals surface area contributed by atoms with Crippen LogP contribution in [0.4, 0.5) is 0 Å². The van der Waals surface area contributed by atoms with Crippen molar-refractivity contribution >= 4 is 17.6 Å². The van der Waals surface area contributed by atoms with Crippen LogP contribution in [0.15, 0.2) is 0 Å². The van der Waals surface area contributed by atoms with Gasteiger partial charge in [0, 0.05) is 53.7 Å². The van der Waals surface area contributed by atoms with Gasteiger partial charge in [0.15, 0.2) is 0 Å². The maximum Gasteiger partial charge on any atom is 0.500 e. The third-order valence-electron chi connectivity index (χ3n) is 2.99. The van der Waals surface area contributed by atoms with E-state index in [4.69, 9.17) is 26.6 Å². The Morgan fingerprint density at radius 2 is 1.05 bits per heavy atom. The Balaban J connectivity index is 0. The van der Waals surface area contributed by atoms with Crippen molar-refractivity contribution in [3.63, 3.8) is 0 Å². The monoisotopic (exact) mass is 356 g/mol. The fourth-order valence-corrected chi connectivity index (χ4v) is 5.58. The Labute approximate surface area is 139 Å². The summed E-state index contributed by atoms with van der Waals surface area (Å²) in [6.45, 7) is 11.9. The molecule has 0 aliphatic carbocycles. The largest absolute Gasteiger partial charge is 0.500 e. The van der Waals surface area contributed by atoms with E-state index in [1.165, 1.54) is 0 Å². The van der Waals surface area contributed by atoms with Gasteiger partial charge in [-0.05, 0) is 27.2 Å². The topological polar surface area (TPSA) is 55.4 Å². The van der Waals surface area contributed by atoms with Crippen LogP contribution in [-0.4, -0.2) is 58.8 Å². The van der Waals surface area contributed by atoms with Gasteiger partial charge in [-0.15, -0.1) is 0 Å². The molecule has 6 nitrogen and oxygen atoms in total. The molecular formula is C14H36O6Si2. The predicted molar refractivity (Wildman–Crippen MR) is 93.0 cm³/mol. The van der Waals surface area contributed by atoms with Gasteiger partial charge < -0.3 is 26.6 Å². The quantitative estimate of drug-likeness (QED) is 0.500. The van der Waals surface area contributed by atoms with Crippen LogP contribution in [0.1, 0.15) is 40.5 Å². The Morgan fingerprint density at radius 1 is 0.682 bits per heavy atom. The molecule has 136 valence electrons. The number of rotatable bonds is 12. The van der Waals surface area contributed by atoms with Gasteiger partial charge in [0.2, 0.25) is 0 Å². The lowest BCUT2D eigenvalue weighted by Crippen LogP contribution is -2.42. The van der Waals surface area contributed by atoms with Gasteiger partial charge in [0.1, 0.15) is 0 Å². The van der Waals surface area contributed by atoms with Crippen LogP contribution in [0.3, 0.4) is 0 Å². The van der Waals surface area contributed by atoms with Crippen molar-refractivity contribution in [1.29, 1.82) is 0 Å². The Hall–Kier alpha value is 0.194. The van der Waals surface area contributed by atoms with Crippen molar-refractivity contribution in [2.75, 3.05) is 41.2 Å². The molecule has 0 saturated carbocycles. The van der Waals surface area contributed by atoms with Crippen molar-refractivity contribution in [1.82, 2.24) is 0 Å². The summed E-state index contributed by atoms with van der Waals surface area (Å²) < 4.78 is 31.9. The van der Waals surface area contributed by atoms with Crippen molar-refractivity contribution in [3.05, 3.63) is 0 Å². The second-order valence-electron chi connectivity index (χ2n) is 4.56. The summed E-state index contributed by atoms with van der Waals surface area (Å²) in [7, 11) is 0.455. The number of unbranched alkanes of at least 4 members (excludes halogenated alkanes) is 1. The van der Waals surface area contributed by atoms with Crippen LogP contribution in [0.25, 0.3) is 0 Å². The summed E-state index contributed by atoms with van der Waals surface area (Å²) in [5, 5.41) is 0. The SMILES string of the molecule is CCCC[Si](OC)(OC)OC.CCO[Si](C)(OCC)OCC. The summed E-state index contributed by atoms with van der Waals surface area (Å²) in [5.74, 6) is 0. The van der Waals surface area contributed by atoms with E-state index in [1.54, 1.807) is 21.3 Å². The standard InChI is InChI=1S/2C7H18O3Si/c1-5-6-7-11(8-2,9-3)10-4;1-5-8-11(4,9-6-2)10-7-3/h2*5-7H2,1-4H3.